The van der Waals surface area contributed by atoms with E-state index in [0.29, 0.717) is 24.1 Å². The minimum atomic E-state index is -0.233. The van der Waals surface area contributed by atoms with Gasteiger partial charge in [-0.3, -0.25) is 14.4 Å². The van der Waals surface area contributed by atoms with Gasteiger partial charge in [0, 0.05) is 33.0 Å². The second kappa shape index (κ2) is 11.3. The highest BCUT2D eigenvalue weighted by molar-refractivity contribution is 6.04. The molecule has 144 valence electrons. The van der Waals surface area contributed by atoms with E-state index in [1.807, 2.05) is 17.9 Å². The highest BCUT2D eigenvalue weighted by atomic mass is 16.2. The van der Waals surface area contributed by atoms with Gasteiger partial charge in [0.2, 0.25) is 11.8 Å². The smallest absolute Gasteiger partial charge is 0.253 e. The van der Waals surface area contributed by atoms with E-state index in [0.717, 1.165) is 31.5 Å². The van der Waals surface area contributed by atoms with Gasteiger partial charge in [-0.15, -0.1) is 0 Å². The van der Waals surface area contributed by atoms with Crippen molar-refractivity contribution >= 4 is 23.4 Å². The van der Waals surface area contributed by atoms with Gasteiger partial charge in [0.1, 0.15) is 0 Å². The molecule has 0 heterocycles. The minimum absolute atomic E-state index is 0.100. The lowest BCUT2D eigenvalue weighted by Crippen LogP contribution is -2.32. The van der Waals surface area contributed by atoms with Gasteiger partial charge in [0.05, 0.1) is 11.3 Å². The zero-order valence-electron chi connectivity index (χ0n) is 16.4. The van der Waals surface area contributed by atoms with Crippen molar-refractivity contribution in [2.75, 3.05) is 25.5 Å². The number of nitrogens with one attached hydrogen (secondary N) is 2. The summed E-state index contributed by atoms with van der Waals surface area (Å²) in [5.74, 6) is -0.322. The Hall–Kier alpha value is -2.37. The van der Waals surface area contributed by atoms with Gasteiger partial charge >= 0.3 is 0 Å². The fourth-order valence-electron chi connectivity index (χ4n) is 2.87. The monoisotopic (exact) mass is 361 g/mol. The molecule has 0 bridgehead atoms. The number of nitrogens with zero attached hydrogens (tertiary/aromatic N) is 1. The molecule has 0 aliphatic carbocycles. The number of benzene rings is 1. The van der Waals surface area contributed by atoms with Crippen molar-refractivity contribution < 1.29 is 14.4 Å². The maximum absolute atomic E-state index is 12.2. The summed E-state index contributed by atoms with van der Waals surface area (Å²) in [7, 11) is 1.56. The SMILES string of the molecule is CCCN(CCC)C(=O)CCCC(=O)Nc1cccc(C)c1C(=O)NC. The molecule has 3 amide bonds. The summed E-state index contributed by atoms with van der Waals surface area (Å²) in [6.07, 6.45) is 2.97. The van der Waals surface area contributed by atoms with E-state index in [1.165, 1.54) is 0 Å². The van der Waals surface area contributed by atoms with Crippen LogP contribution in [0.1, 0.15) is 61.9 Å². The Morgan fingerprint density at radius 1 is 1.04 bits per heavy atom. The lowest BCUT2D eigenvalue weighted by molar-refractivity contribution is -0.131. The van der Waals surface area contributed by atoms with Crippen LogP contribution in [-0.4, -0.2) is 42.8 Å². The van der Waals surface area contributed by atoms with Gasteiger partial charge in [0.25, 0.3) is 5.91 Å². The number of hydrogen-bond donors (Lipinski definition) is 2. The zero-order valence-corrected chi connectivity index (χ0v) is 16.4. The third-order valence-corrected chi connectivity index (χ3v) is 4.14. The van der Waals surface area contributed by atoms with E-state index >= 15 is 0 Å². The summed E-state index contributed by atoms with van der Waals surface area (Å²) >= 11 is 0. The van der Waals surface area contributed by atoms with Crippen LogP contribution in [0.3, 0.4) is 0 Å². The molecular weight excluding hydrogens is 330 g/mol. The maximum atomic E-state index is 12.2. The normalized spacial score (nSPS) is 10.3. The molecule has 1 rings (SSSR count). The average molecular weight is 361 g/mol. The summed E-state index contributed by atoms with van der Waals surface area (Å²) in [6.45, 7) is 7.45. The Kier molecular flexibility index (Phi) is 9.41. The van der Waals surface area contributed by atoms with E-state index in [-0.39, 0.29) is 24.1 Å². The minimum Gasteiger partial charge on any atom is -0.355 e. The Balaban J connectivity index is 2.59. The van der Waals surface area contributed by atoms with Crippen LogP contribution in [0.25, 0.3) is 0 Å². The topological polar surface area (TPSA) is 78.5 Å². The van der Waals surface area contributed by atoms with Crippen molar-refractivity contribution in [3.8, 4) is 0 Å². The lowest BCUT2D eigenvalue weighted by atomic mass is 10.1. The number of hydrogen-bond acceptors (Lipinski definition) is 3. The molecule has 26 heavy (non-hydrogen) atoms. The van der Waals surface area contributed by atoms with E-state index in [9.17, 15) is 14.4 Å². The largest absolute Gasteiger partial charge is 0.355 e. The molecule has 0 aromatic heterocycles. The average Bonchev–Trinajstić information content (AvgIpc) is 2.61. The van der Waals surface area contributed by atoms with Gasteiger partial charge in [-0.25, -0.2) is 0 Å². The van der Waals surface area contributed by atoms with Crippen LogP contribution in [0, 0.1) is 6.92 Å². The third kappa shape index (κ3) is 6.50. The fourth-order valence-corrected chi connectivity index (χ4v) is 2.87. The molecule has 0 saturated carbocycles. The summed E-state index contributed by atoms with van der Waals surface area (Å²) in [5, 5.41) is 5.38. The Morgan fingerprint density at radius 3 is 2.27 bits per heavy atom. The summed E-state index contributed by atoms with van der Waals surface area (Å²) in [5.41, 5.74) is 1.77. The predicted octanol–water partition coefficient (Wildman–Crippen LogP) is 3.11. The highest BCUT2D eigenvalue weighted by Gasteiger charge is 2.16. The van der Waals surface area contributed by atoms with Crippen molar-refractivity contribution in [3.63, 3.8) is 0 Å². The van der Waals surface area contributed by atoms with Gasteiger partial charge in [-0.2, -0.15) is 0 Å². The number of carbonyl (C=O) groups excluding carboxylic acids is 3. The molecule has 6 heteroatoms. The molecule has 0 spiro atoms. The molecule has 0 aliphatic rings. The molecule has 0 unspecified atom stereocenters. The van der Waals surface area contributed by atoms with Crippen LogP contribution in [0.15, 0.2) is 18.2 Å². The second-order valence-corrected chi connectivity index (χ2v) is 6.36. The number of aryl methyl sites for hydroxylation is 1. The van der Waals surface area contributed by atoms with Crippen LogP contribution in [0.2, 0.25) is 0 Å². The summed E-state index contributed by atoms with van der Waals surface area (Å²) < 4.78 is 0. The fraction of sp³-hybridized carbons (Fsp3) is 0.550. The molecule has 0 atom stereocenters. The van der Waals surface area contributed by atoms with Crippen LogP contribution in [0.5, 0.6) is 0 Å². The first-order chi connectivity index (χ1) is 12.4. The Bertz CT molecular complexity index is 623. The predicted molar refractivity (Wildman–Crippen MR) is 104 cm³/mol. The number of carbonyl (C=O) groups is 3. The number of amides is 3. The number of anilines is 1. The van der Waals surface area contributed by atoms with Crippen molar-refractivity contribution in [3.05, 3.63) is 29.3 Å². The summed E-state index contributed by atoms with van der Waals surface area (Å²) in [4.78, 5) is 38.3. The summed E-state index contributed by atoms with van der Waals surface area (Å²) in [6, 6.07) is 5.34. The van der Waals surface area contributed by atoms with Crippen LogP contribution < -0.4 is 10.6 Å². The van der Waals surface area contributed by atoms with Gasteiger partial charge < -0.3 is 15.5 Å². The highest BCUT2D eigenvalue weighted by Crippen LogP contribution is 2.20. The first kappa shape index (κ1) is 21.7. The van der Waals surface area contributed by atoms with Crippen molar-refractivity contribution in [1.29, 1.82) is 0 Å². The first-order valence-corrected chi connectivity index (χ1v) is 9.33. The number of rotatable bonds is 10. The quantitative estimate of drug-likeness (QED) is 0.672. The van der Waals surface area contributed by atoms with Crippen LogP contribution >= 0.6 is 0 Å². The van der Waals surface area contributed by atoms with Gasteiger partial charge in [0.15, 0.2) is 0 Å². The molecule has 1 aromatic carbocycles. The first-order valence-electron chi connectivity index (χ1n) is 9.33. The lowest BCUT2D eigenvalue weighted by Gasteiger charge is -2.21. The van der Waals surface area contributed by atoms with E-state index in [4.69, 9.17) is 0 Å². The molecule has 0 radical (unpaired) electrons. The molecule has 2 N–H and O–H groups in total. The van der Waals surface area contributed by atoms with E-state index < -0.39 is 0 Å². The zero-order chi connectivity index (χ0) is 19.5. The van der Waals surface area contributed by atoms with Crippen LogP contribution in [0.4, 0.5) is 5.69 Å². The van der Waals surface area contributed by atoms with E-state index in [1.54, 1.807) is 19.2 Å². The Morgan fingerprint density at radius 2 is 1.69 bits per heavy atom. The maximum Gasteiger partial charge on any atom is 0.253 e. The molecular formula is C20H31N3O3. The second-order valence-electron chi connectivity index (χ2n) is 6.36. The van der Waals surface area contributed by atoms with Gasteiger partial charge in [-0.05, 0) is 37.8 Å². The molecule has 0 fully saturated rings. The molecule has 6 nitrogen and oxygen atoms in total. The van der Waals surface area contributed by atoms with Gasteiger partial charge in [-0.1, -0.05) is 26.0 Å². The van der Waals surface area contributed by atoms with Crippen molar-refractivity contribution in [1.82, 2.24) is 10.2 Å². The molecule has 0 aliphatic heterocycles. The van der Waals surface area contributed by atoms with E-state index in [2.05, 4.69) is 24.5 Å². The third-order valence-electron chi connectivity index (χ3n) is 4.14. The molecule has 0 saturated heterocycles. The van der Waals surface area contributed by atoms with Crippen molar-refractivity contribution in [2.45, 2.75) is 52.9 Å². The van der Waals surface area contributed by atoms with Crippen molar-refractivity contribution in [2.24, 2.45) is 0 Å². The standard InChI is InChI=1S/C20H31N3O3/c1-5-13-23(14-6-2)18(25)12-8-11-17(24)22-16-10-7-9-15(3)19(16)20(26)21-4/h7,9-10H,5-6,8,11-14H2,1-4H3,(H,21,26)(H,22,24). The van der Waals surface area contributed by atoms with Crippen LogP contribution in [-0.2, 0) is 9.59 Å². The molecule has 1 aromatic rings. The Labute approximate surface area is 156 Å².